The molecule has 0 unspecified atom stereocenters. The van der Waals surface area contributed by atoms with Gasteiger partial charge in [-0.05, 0) is 43.4 Å². The Morgan fingerprint density at radius 2 is 2.14 bits per heavy atom. The van der Waals surface area contributed by atoms with E-state index in [-0.39, 0.29) is 5.91 Å². The van der Waals surface area contributed by atoms with Gasteiger partial charge in [0.15, 0.2) is 5.82 Å². The maximum absolute atomic E-state index is 13.4. The molecule has 0 N–H and O–H groups in total. The number of aromatic nitrogens is 5. The third-order valence-electron chi connectivity index (χ3n) is 5.89. The Morgan fingerprint density at radius 3 is 2.86 bits per heavy atom. The smallest absolute Gasteiger partial charge is 0.273 e. The van der Waals surface area contributed by atoms with E-state index in [1.165, 1.54) is 0 Å². The normalized spacial score (nSPS) is 23.3. The molecule has 1 saturated carbocycles. The molecule has 2 aliphatic rings. The number of likely N-dealkylation sites (tertiary alicyclic amines) is 1. The van der Waals surface area contributed by atoms with Crippen LogP contribution in [0.3, 0.4) is 0 Å². The van der Waals surface area contributed by atoms with E-state index in [1.54, 1.807) is 18.5 Å². The molecule has 2 atom stereocenters. The minimum Gasteiger partial charge on any atom is -0.423 e. The Bertz CT molecular complexity index is 1020. The number of hydrogen-bond acceptors (Lipinski definition) is 7. The van der Waals surface area contributed by atoms with E-state index in [9.17, 15) is 4.79 Å². The number of nitrogens with zero attached hydrogens (tertiary/aromatic N) is 6. The summed E-state index contributed by atoms with van der Waals surface area (Å²) < 4.78 is 5.89. The summed E-state index contributed by atoms with van der Waals surface area (Å²) in [6.07, 6.45) is 6.81. The highest BCUT2D eigenvalue weighted by molar-refractivity contribution is 5.93. The van der Waals surface area contributed by atoms with Crippen molar-refractivity contribution in [1.29, 1.82) is 0 Å². The van der Waals surface area contributed by atoms with Gasteiger partial charge in [0.25, 0.3) is 5.91 Å². The number of amides is 1. The summed E-state index contributed by atoms with van der Waals surface area (Å²) in [5, 5.41) is 8.41. The molecule has 8 nitrogen and oxygen atoms in total. The average Bonchev–Trinajstić information content (AvgIpc) is 3.31. The molecule has 28 heavy (non-hydrogen) atoms. The SMILES string of the molecule is CCc1nnc([C@]23CC[C@H]2CCN3C(=O)c2ccnc(-c3ccccn3)n2)o1. The van der Waals surface area contributed by atoms with Crippen LogP contribution < -0.4 is 0 Å². The van der Waals surface area contributed by atoms with Crippen LogP contribution in [-0.2, 0) is 12.0 Å². The Balaban J connectivity index is 1.50. The van der Waals surface area contributed by atoms with E-state index in [2.05, 4.69) is 25.1 Å². The zero-order valence-corrected chi connectivity index (χ0v) is 15.6. The van der Waals surface area contributed by atoms with Gasteiger partial charge in [0.05, 0.1) is 0 Å². The fraction of sp³-hybridized carbons (Fsp3) is 0.400. The fourth-order valence-corrected chi connectivity index (χ4v) is 4.33. The van der Waals surface area contributed by atoms with E-state index in [4.69, 9.17) is 4.42 Å². The second-order valence-electron chi connectivity index (χ2n) is 7.24. The quantitative estimate of drug-likeness (QED) is 0.690. The highest BCUT2D eigenvalue weighted by Gasteiger charge is 2.61. The van der Waals surface area contributed by atoms with Gasteiger partial charge in [-0.1, -0.05) is 13.0 Å². The molecule has 1 aliphatic carbocycles. The topological polar surface area (TPSA) is 97.9 Å². The van der Waals surface area contributed by atoms with Crippen LogP contribution in [0.4, 0.5) is 0 Å². The largest absolute Gasteiger partial charge is 0.423 e. The van der Waals surface area contributed by atoms with E-state index in [0.29, 0.717) is 47.9 Å². The van der Waals surface area contributed by atoms with Crippen molar-refractivity contribution in [2.75, 3.05) is 6.54 Å². The Labute approximate surface area is 162 Å². The van der Waals surface area contributed by atoms with Crippen LogP contribution in [0, 0.1) is 5.92 Å². The number of aryl methyl sites for hydroxylation is 1. The van der Waals surface area contributed by atoms with Crippen molar-refractivity contribution >= 4 is 5.91 Å². The summed E-state index contributed by atoms with van der Waals surface area (Å²) in [5.74, 6) is 1.84. The Morgan fingerprint density at radius 1 is 1.21 bits per heavy atom. The highest BCUT2D eigenvalue weighted by Crippen LogP contribution is 2.56. The van der Waals surface area contributed by atoms with Gasteiger partial charge in [-0.25, -0.2) is 9.97 Å². The van der Waals surface area contributed by atoms with Crippen LogP contribution in [0.1, 0.15) is 48.5 Å². The molecule has 142 valence electrons. The standard InChI is InChI=1S/C20H20N6O2/c1-2-16-24-25-19(28-16)20-9-6-13(20)8-12-26(20)18(27)15-7-11-22-17(23-15)14-5-3-4-10-21-14/h3-5,7,10-11,13H,2,6,8-9,12H2,1H3/t13-,20-/m0/s1. The molecule has 1 aliphatic heterocycles. The lowest BCUT2D eigenvalue weighted by Gasteiger charge is -2.46. The number of rotatable bonds is 4. The summed E-state index contributed by atoms with van der Waals surface area (Å²) >= 11 is 0. The van der Waals surface area contributed by atoms with Crippen LogP contribution >= 0.6 is 0 Å². The molecular weight excluding hydrogens is 356 g/mol. The predicted octanol–water partition coefficient (Wildman–Crippen LogP) is 2.64. The summed E-state index contributed by atoms with van der Waals surface area (Å²) in [6.45, 7) is 2.64. The molecule has 8 heteroatoms. The minimum absolute atomic E-state index is 0.127. The van der Waals surface area contributed by atoms with E-state index in [1.807, 2.05) is 30.0 Å². The average molecular weight is 376 g/mol. The molecule has 5 rings (SSSR count). The second kappa shape index (κ2) is 6.47. The Kier molecular flexibility index (Phi) is 3.92. The van der Waals surface area contributed by atoms with Gasteiger partial charge in [-0.15, -0.1) is 10.2 Å². The van der Waals surface area contributed by atoms with E-state index in [0.717, 1.165) is 19.3 Å². The first kappa shape index (κ1) is 17.0. The number of hydrogen-bond donors (Lipinski definition) is 0. The van der Waals surface area contributed by atoms with Gasteiger partial charge in [-0.2, -0.15) is 0 Å². The van der Waals surface area contributed by atoms with Crippen LogP contribution in [0.5, 0.6) is 0 Å². The lowest BCUT2D eigenvalue weighted by atomic mass is 9.67. The fourth-order valence-electron chi connectivity index (χ4n) is 4.33. The number of fused-ring (bicyclic) bond motifs is 1. The molecule has 3 aromatic rings. The zero-order valence-electron chi connectivity index (χ0n) is 15.6. The summed E-state index contributed by atoms with van der Waals surface area (Å²) in [6, 6.07) is 7.18. The molecule has 3 aromatic heterocycles. The molecule has 0 bridgehead atoms. The van der Waals surface area contributed by atoms with Gasteiger partial charge >= 0.3 is 0 Å². The molecule has 0 radical (unpaired) electrons. The lowest BCUT2D eigenvalue weighted by Crippen LogP contribution is -2.54. The van der Waals surface area contributed by atoms with Gasteiger partial charge in [0.1, 0.15) is 16.9 Å². The molecule has 1 amide bonds. The van der Waals surface area contributed by atoms with Crippen LogP contribution in [-0.4, -0.2) is 42.5 Å². The highest BCUT2D eigenvalue weighted by atomic mass is 16.4. The number of carbonyl (C=O) groups excluding carboxylic acids is 1. The molecule has 2 fully saturated rings. The third-order valence-corrected chi connectivity index (χ3v) is 5.89. The molecule has 0 aromatic carbocycles. The van der Waals surface area contributed by atoms with Gasteiger partial charge in [0.2, 0.25) is 11.8 Å². The third kappa shape index (κ3) is 2.44. The van der Waals surface area contributed by atoms with Crippen LogP contribution in [0.25, 0.3) is 11.5 Å². The first-order valence-corrected chi connectivity index (χ1v) is 9.61. The maximum atomic E-state index is 13.4. The van der Waals surface area contributed by atoms with Gasteiger partial charge in [0, 0.05) is 25.4 Å². The summed E-state index contributed by atoms with van der Waals surface area (Å²) in [5.41, 5.74) is 0.505. The van der Waals surface area contributed by atoms with E-state index < -0.39 is 5.54 Å². The van der Waals surface area contributed by atoms with Gasteiger partial charge < -0.3 is 9.32 Å². The monoisotopic (exact) mass is 376 g/mol. The van der Waals surface area contributed by atoms with Crippen molar-refractivity contribution in [3.8, 4) is 11.5 Å². The van der Waals surface area contributed by atoms with Crippen molar-refractivity contribution in [1.82, 2.24) is 30.0 Å². The first-order valence-electron chi connectivity index (χ1n) is 9.61. The van der Waals surface area contributed by atoms with Crippen molar-refractivity contribution < 1.29 is 9.21 Å². The summed E-state index contributed by atoms with van der Waals surface area (Å²) in [7, 11) is 0. The van der Waals surface area contributed by atoms with Crippen molar-refractivity contribution in [3.63, 3.8) is 0 Å². The molecule has 4 heterocycles. The second-order valence-corrected chi connectivity index (χ2v) is 7.24. The predicted molar refractivity (Wildman–Crippen MR) is 99.0 cm³/mol. The number of pyridine rings is 1. The van der Waals surface area contributed by atoms with Crippen LogP contribution in [0.2, 0.25) is 0 Å². The Hall–Kier alpha value is -3.16. The lowest BCUT2D eigenvalue weighted by molar-refractivity contribution is -0.00393. The van der Waals surface area contributed by atoms with Gasteiger partial charge in [-0.3, -0.25) is 9.78 Å². The van der Waals surface area contributed by atoms with Crippen molar-refractivity contribution in [2.24, 2.45) is 5.92 Å². The summed E-state index contributed by atoms with van der Waals surface area (Å²) in [4.78, 5) is 28.3. The van der Waals surface area contributed by atoms with E-state index >= 15 is 0 Å². The zero-order chi connectivity index (χ0) is 19.1. The molecule has 0 spiro atoms. The maximum Gasteiger partial charge on any atom is 0.273 e. The molecule has 1 saturated heterocycles. The number of carbonyl (C=O) groups is 1. The van der Waals surface area contributed by atoms with Crippen molar-refractivity contribution in [2.45, 2.75) is 38.1 Å². The minimum atomic E-state index is -0.492. The molecular formula is C20H20N6O2. The van der Waals surface area contributed by atoms with Crippen LogP contribution in [0.15, 0.2) is 41.1 Å². The van der Waals surface area contributed by atoms with Crippen molar-refractivity contribution in [3.05, 3.63) is 54.1 Å². The first-order chi connectivity index (χ1) is 13.7.